The summed E-state index contributed by atoms with van der Waals surface area (Å²) in [5, 5.41) is 9.12. The maximum Gasteiger partial charge on any atom is 0.326 e. The Morgan fingerprint density at radius 3 is 2.65 bits per heavy atom. The van der Waals surface area contributed by atoms with Crippen LogP contribution < -0.4 is 9.47 Å². The number of carbonyl (C=O) groups excluding carboxylic acids is 1. The van der Waals surface area contributed by atoms with Crippen LogP contribution in [-0.2, 0) is 16.0 Å². The molecule has 0 saturated carbocycles. The highest BCUT2D eigenvalue weighted by molar-refractivity contribution is 5.84. The second-order valence-electron chi connectivity index (χ2n) is 5.63. The van der Waals surface area contributed by atoms with Gasteiger partial charge in [-0.25, -0.2) is 4.79 Å². The Bertz CT molecular complexity index is 572. The molecule has 1 aliphatic heterocycles. The van der Waals surface area contributed by atoms with Crippen LogP contribution in [0.1, 0.15) is 31.2 Å². The van der Waals surface area contributed by atoms with E-state index < -0.39 is 12.0 Å². The monoisotopic (exact) mass is 321 g/mol. The molecule has 2 rings (SSSR count). The van der Waals surface area contributed by atoms with Crippen molar-refractivity contribution < 1.29 is 24.2 Å². The molecule has 1 atom stereocenters. The van der Waals surface area contributed by atoms with Crippen LogP contribution in [0.4, 0.5) is 0 Å². The maximum absolute atomic E-state index is 12.2. The lowest BCUT2D eigenvalue weighted by molar-refractivity contribution is -0.148. The molecule has 1 heterocycles. The van der Waals surface area contributed by atoms with Gasteiger partial charge in [0.2, 0.25) is 5.91 Å². The summed E-state index contributed by atoms with van der Waals surface area (Å²) >= 11 is 0. The van der Waals surface area contributed by atoms with Crippen molar-refractivity contribution in [1.82, 2.24) is 4.90 Å². The van der Waals surface area contributed by atoms with Crippen molar-refractivity contribution in [2.45, 2.75) is 38.1 Å². The van der Waals surface area contributed by atoms with Crippen molar-refractivity contribution >= 4 is 11.9 Å². The normalized spacial score (nSPS) is 17.1. The lowest BCUT2D eigenvalue weighted by Crippen LogP contribution is -2.40. The molecule has 1 N–H and O–H groups in total. The Morgan fingerprint density at radius 2 is 2.00 bits per heavy atom. The van der Waals surface area contributed by atoms with E-state index in [1.165, 1.54) is 4.90 Å². The van der Waals surface area contributed by atoms with Gasteiger partial charge >= 0.3 is 5.97 Å². The number of carboxylic acid groups (broad SMARTS) is 1. The summed E-state index contributed by atoms with van der Waals surface area (Å²) in [6.07, 6.45) is 3.09. The molecule has 1 aromatic rings. The first-order chi connectivity index (χ1) is 11.1. The summed E-state index contributed by atoms with van der Waals surface area (Å²) in [5.74, 6) is 0.363. The van der Waals surface area contributed by atoms with Crippen molar-refractivity contribution in [1.29, 1.82) is 0 Å². The number of ether oxygens (including phenoxy) is 2. The minimum absolute atomic E-state index is 0.0737. The van der Waals surface area contributed by atoms with Crippen molar-refractivity contribution in [3.63, 3.8) is 0 Å². The van der Waals surface area contributed by atoms with Crippen molar-refractivity contribution in [3.8, 4) is 11.5 Å². The standard InChI is InChI=1S/C17H23NO5/c1-22-14-9-8-12(11-15(14)23-2)5-3-7-16(19)18-10-4-6-13(18)17(20)21/h8-9,11,13H,3-7,10H2,1-2H3,(H,20,21). The third kappa shape index (κ3) is 4.15. The molecular weight excluding hydrogens is 298 g/mol. The molecular formula is C17H23NO5. The number of carbonyl (C=O) groups is 2. The molecule has 6 heteroatoms. The van der Waals surface area contributed by atoms with Crippen molar-refractivity contribution in [3.05, 3.63) is 23.8 Å². The zero-order valence-electron chi connectivity index (χ0n) is 13.6. The average molecular weight is 321 g/mol. The van der Waals surface area contributed by atoms with Crippen LogP contribution in [0, 0.1) is 0 Å². The van der Waals surface area contributed by atoms with Gasteiger partial charge < -0.3 is 19.5 Å². The number of methoxy groups -OCH3 is 2. The molecule has 1 saturated heterocycles. The summed E-state index contributed by atoms with van der Waals surface area (Å²) in [4.78, 5) is 24.8. The Kier molecular flexibility index (Phi) is 5.84. The molecule has 23 heavy (non-hydrogen) atoms. The fourth-order valence-corrected chi connectivity index (χ4v) is 2.95. The summed E-state index contributed by atoms with van der Waals surface area (Å²) in [6, 6.07) is 5.04. The summed E-state index contributed by atoms with van der Waals surface area (Å²) in [5.41, 5.74) is 1.06. The molecule has 1 aromatic carbocycles. The van der Waals surface area contributed by atoms with Gasteiger partial charge in [0, 0.05) is 13.0 Å². The van der Waals surface area contributed by atoms with E-state index in [0.717, 1.165) is 18.4 Å². The number of rotatable bonds is 7. The predicted molar refractivity (Wildman–Crippen MR) is 84.9 cm³/mol. The average Bonchev–Trinajstić information content (AvgIpc) is 3.04. The number of hydrogen-bond donors (Lipinski definition) is 1. The van der Waals surface area contributed by atoms with E-state index in [9.17, 15) is 9.59 Å². The van der Waals surface area contributed by atoms with Crippen LogP contribution >= 0.6 is 0 Å². The molecule has 6 nitrogen and oxygen atoms in total. The summed E-state index contributed by atoms with van der Waals surface area (Å²) in [7, 11) is 3.18. The predicted octanol–water partition coefficient (Wildman–Crippen LogP) is 2.10. The molecule has 1 aliphatic rings. The number of amides is 1. The van der Waals surface area contributed by atoms with Gasteiger partial charge in [-0.15, -0.1) is 0 Å². The number of carboxylic acids is 1. The van der Waals surface area contributed by atoms with E-state index >= 15 is 0 Å². The van der Waals surface area contributed by atoms with Gasteiger partial charge in [0.25, 0.3) is 0 Å². The van der Waals surface area contributed by atoms with Crippen LogP contribution in [0.15, 0.2) is 18.2 Å². The van der Waals surface area contributed by atoms with Gasteiger partial charge in [-0.2, -0.15) is 0 Å². The number of likely N-dealkylation sites (tertiary alicyclic amines) is 1. The molecule has 0 bridgehead atoms. The molecule has 1 amide bonds. The van der Waals surface area contributed by atoms with E-state index in [0.29, 0.717) is 37.3 Å². The smallest absolute Gasteiger partial charge is 0.326 e. The largest absolute Gasteiger partial charge is 0.493 e. The van der Waals surface area contributed by atoms with Gasteiger partial charge in [-0.05, 0) is 43.4 Å². The minimum atomic E-state index is -0.907. The third-order valence-corrected chi connectivity index (χ3v) is 4.16. The van der Waals surface area contributed by atoms with Gasteiger partial charge in [-0.3, -0.25) is 4.79 Å². The lowest BCUT2D eigenvalue weighted by Gasteiger charge is -2.21. The first-order valence-electron chi connectivity index (χ1n) is 7.80. The van der Waals surface area contributed by atoms with Crippen LogP contribution in [0.25, 0.3) is 0 Å². The molecule has 0 aliphatic carbocycles. The molecule has 0 radical (unpaired) electrons. The zero-order valence-corrected chi connectivity index (χ0v) is 13.6. The van der Waals surface area contributed by atoms with Crippen molar-refractivity contribution in [2.24, 2.45) is 0 Å². The molecule has 0 aromatic heterocycles. The van der Waals surface area contributed by atoms with E-state index in [-0.39, 0.29) is 5.91 Å². The fraction of sp³-hybridized carbons (Fsp3) is 0.529. The maximum atomic E-state index is 12.2. The highest BCUT2D eigenvalue weighted by Gasteiger charge is 2.33. The van der Waals surface area contributed by atoms with Crippen molar-refractivity contribution in [2.75, 3.05) is 20.8 Å². The lowest BCUT2D eigenvalue weighted by atomic mass is 10.1. The molecule has 1 fully saturated rings. The zero-order chi connectivity index (χ0) is 16.8. The quantitative estimate of drug-likeness (QED) is 0.832. The fourth-order valence-electron chi connectivity index (χ4n) is 2.95. The van der Waals surface area contributed by atoms with Crippen LogP contribution in [0.3, 0.4) is 0 Å². The minimum Gasteiger partial charge on any atom is -0.493 e. The molecule has 1 unspecified atom stereocenters. The van der Waals surface area contributed by atoms with E-state index in [2.05, 4.69) is 0 Å². The van der Waals surface area contributed by atoms with Crippen LogP contribution in [-0.4, -0.2) is 48.7 Å². The SMILES string of the molecule is COc1ccc(CCCC(=O)N2CCCC2C(=O)O)cc1OC. The topological polar surface area (TPSA) is 76.1 Å². The Balaban J connectivity index is 1.87. The van der Waals surface area contributed by atoms with Gasteiger partial charge in [-0.1, -0.05) is 6.07 Å². The van der Waals surface area contributed by atoms with Crippen LogP contribution in [0.2, 0.25) is 0 Å². The first-order valence-corrected chi connectivity index (χ1v) is 7.80. The number of benzene rings is 1. The summed E-state index contributed by atoms with van der Waals surface area (Å²) in [6.45, 7) is 0.548. The molecule has 126 valence electrons. The number of aliphatic carboxylic acids is 1. The van der Waals surface area contributed by atoms with Crippen LogP contribution in [0.5, 0.6) is 11.5 Å². The highest BCUT2D eigenvalue weighted by Crippen LogP contribution is 2.28. The van der Waals surface area contributed by atoms with E-state index in [1.54, 1.807) is 14.2 Å². The van der Waals surface area contributed by atoms with Gasteiger partial charge in [0.15, 0.2) is 11.5 Å². The van der Waals surface area contributed by atoms with E-state index in [4.69, 9.17) is 14.6 Å². The first kappa shape index (κ1) is 17.1. The Morgan fingerprint density at radius 1 is 1.26 bits per heavy atom. The summed E-state index contributed by atoms with van der Waals surface area (Å²) < 4.78 is 10.5. The second-order valence-corrected chi connectivity index (χ2v) is 5.63. The van der Waals surface area contributed by atoms with Gasteiger partial charge in [0.1, 0.15) is 6.04 Å². The Hall–Kier alpha value is -2.24. The second kappa shape index (κ2) is 7.85. The number of hydrogen-bond acceptors (Lipinski definition) is 4. The Labute approximate surface area is 136 Å². The van der Waals surface area contributed by atoms with Gasteiger partial charge in [0.05, 0.1) is 14.2 Å². The molecule has 0 spiro atoms. The highest BCUT2D eigenvalue weighted by atomic mass is 16.5. The number of nitrogens with zero attached hydrogens (tertiary/aromatic N) is 1. The van der Waals surface area contributed by atoms with E-state index in [1.807, 2.05) is 18.2 Å². The number of aryl methyl sites for hydroxylation is 1. The third-order valence-electron chi connectivity index (χ3n) is 4.16.